The zero-order chi connectivity index (χ0) is 15.2. The highest BCUT2D eigenvalue weighted by atomic mass is 19.4. The van der Waals surface area contributed by atoms with Gasteiger partial charge in [0.25, 0.3) is 5.56 Å². The van der Waals surface area contributed by atoms with Gasteiger partial charge in [0.05, 0.1) is 11.3 Å². The van der Waals surface area contributed by atoms with Crippen LogP contribution in [0.25, 0.3) is 11.3 Å². The molecule has 0 atom stereocenters. The van der Waals surface area contributed by atoms with Gasteiger partial charge in [-0.25, -0.2) is 4.98 Å². The van der Waals surface area contributed by atoms with E-state index in [9.17, 15) is 18.0 Å². The molecule has 0 saturated heterocycles. The van der Waals surface area contributed by atoms with E-state index in [0.29, 0.717) is 22.6 Å². The Bertz CT molecular complexity index is 745. The Morgan fingerprint density at radius 1 is 1.24 bits per heavy atom. The molecule has 0 aliphatic heterocycles. The zero-order valence-corrected chi connectivity index (χ0v) is 11.3. The number of aromatic nitrogens is 2. The summed E-state index contributed by atoms with van der Waals surface area (Å²) < 4.78 is 38.0. The second-order valence-corrected chi connectivity index (χ2v) is 5.32. The number of alkyl halides is 3. The molecule has 1 aliphatic rings. The first-order valence-electron chi connectivity index (χ1n) is 6.64. The van der Waals surface area contributed by atoms with Gasteiger partial charge >= 0.3 is 6.18 Å². The molecule has 21 heavy (non-hydrogen) atoms. The summed E-state index contributed by atoms with van der Waals surface area (Å²) in [5.74, 6) is 0.893. The predicted octanol–water partition coefficient (Wildman–Crippen LogP) is 3.64. The lowest BCUT2D eigenvalue weighted by molar-refractivity contribution is -0.137. The molecule has 1 fully saturated rings. The van der Waals surface area contributed by atoms with Crippen molar-refractivity contribution in [3.63, 3.8) is 0 Å². The lowest BCUT2D eigenvalue weighted by atomic mass is 10.0. The third kappa shape index (κ3) is 2.84. The van der Waals surface area contributed by atoms with Crippen LogP contribution in [0.3, 0.4) is 0 Å². The minimum atomic E-state index is -4.37. The largest absolute Gasteiger partial charge is 0.416 e. The molecule has 1 aromatic carbocycles. The molecule has 3 rings (SSSR count). The van der Waals surface area contributed by atoms with Gasteiger partial charge in [-0.15, -0.1) is 0 Å². The molecule has 6 heteroatoms. The van der Waals surface area contributed by atoms with E-state index in [1.165, 1.54) is 12.1 Å². The Kier molecular flexibility index (Phi) is 3.11. The van der Waals surface area contributed by atoms with Crippen molar-refractivity contribution in [2.24, 2.45) is 0 Å². The van der Waals surface area contributed by atoms with E-state index < -0.39 is 11.7 Å². The van der Waals surface area contributed by atoms with Crippen LogP contribution in [-0.2, 0) is 6.18 Å². The van der Waals surface area contributed by atoms with E-state index in [4.69, 9.17) is 0 Å². The van der Waals surface area contributed by atoms with Crippen molar-refractivity contribution in [2.45, 2.75) is 31.9 Å². The van der Waals surface area contributed by atoms with Crippen molar-refractivity contribution in [3.8, 4) is 11.3 Å². The van der Waals surface area contributed by atoms with Crippen LogP contribution in [0, 0.1) is 6.92 Å². The molecular weight excluding hydrogens is 281 g/mol. The fourth-order valence-corrected chi connectivity index (χ4v) is 2.29. The number of aromatic amines is 1. The van der Waals surface area contributed by atoms with E-state index in [2.05, 4.69) is 9.97 Å². The molecular formula is C15H13F3N2O. The molecule has 110 valence electrons. The summed E-state index contributed by atoms with van der Waals surface area (Å²) in [6.45, 7) is 1.59. The fourth-order valence-electron chi connectivity index (χ4n) is 2.29. The number of halogens is 3. The topological polar surface area (TPSA) is 45.8 Å². The van der Waals surface area contributed by atoms with Gasteiger partial charge in [-0.2, -0.15) is 13.2 Å². The number of rotatable bonds is 2. The van der Waals surface area contributed by atoms with Gasteiger partial charge in [0.1, 0.15) is 5.82 Å². The van der Waals surface area contributed by atoms with Crippen molar-refractivity contribution in [2.75, 3.05) is 0 Å². The Morgan fingerprint density at radius 2 is 1.95 bits per heavy atom. The summed E-state index contributed by atoms with van der Waals surface area (Å²) in [5.41, 5.74) is 0.449. The molecule has 2 aromatic rings. The van der Waals surface area contributed by atoms with Crippen molar-refractivity contribution in [1.29, 1.82) is 0 Å². The number of H-pyrrole nitrogens is 1. The molecule has 0 radical (unpaired) electrons. The van der Waals surface area contributed by atoms with Gasteiger partial charge in [0.15, 0.2) is 0 Å². The molecule has 0 amide bonds. The summed E-state index contributed by atoms with van der Waals surface area (Å²) in [5, 5.41) is 0. The lowest BCUT2D eigenvalue weighted by Crippen LogP contribution is -2.11. The van der Waals surface area contributed by atoms with Gasteiger partial charge in [0.2, 0.25) is 0 Å². The SMILES string of the molecule is Cc1cc(C(F)(F)F)ccc1-c1cc(=O)[nH]c(C2CC2)n1. The third-order valence-electron chi connectivity index (χ3n) is 3.55. The Morgan fingerprint density at radius 3 is 2.52 bits per heavy atom. The van der Waals surface area contributed by atoms with Gasteiger partial charge in [-0.05, 0) is 37.5 Å². The van der Waals surface area contributed by atoms with Crippen molar-refractivity contribution < 1.29 is 13.2 Å². The first-order valence-corrected chi connectivity index (χ1v) is 6.64. The summed E-state index contributed by atoms with van der Waals surface area (Å²) in [7, 11) is 0. The van der Waals surface area contributed by atoms with Crippen molar-refractivity contribution in [3.05, 3.63) is 51.6 Å². The van der Waals surface area contributed by atoms with Crippen LogP contribution in [0.1, 0.15) is 35.7 Å². The van der Waals surface area contributed by atoms with E-state index >= 15 is 0 Å². The van der Waals surface area contributed by atoms with E-state index in [1.54, 1.807) is 6.92 Å². The number of nitrogens with zero attached hydrogens (tertiary/aromatic N) is 1. The average Bonchev–Trinajstić information content (AvgIpc) is 3.20. The number of benzene rings is 1. The summed E-state index contributed by atoms with van der Waals surface area (Å²) in [6, 6.07) is 4.79. The highest BCUT2D eigenvalue weighted by Crippen LogP contribution is 2.38. The van der Waals surface area contributed by atoms with Crippen molar-refractivity contribution in [1.82, 2.24) is 9.97 Å². The molecule has 1 saturated carbocycles. The lowest BCUT2D eigenvalue weighted by Gasteiger charge is -2.11. The van der Waals surface area contributed by atoms with E-state index in [1.807, 2.05) is 0 Å². The molecule has 1 aliphatic carbocycles. The van der Waals surface area contributed by atoms with Gasteiger partial charge in [-0.1, -0.05) is 6.07 Å². The minimum absolute atomic E-state index is 0.271. The molecule has 0 unspecified atom stereocenters. The second kappa shape index (κ2) is 4.72. The predicted molar refractivity (Wildman–Crippen MR) is 72.0 cm³/mol. The van der Waals surface area contributed by atoms with Gasteiger partial charge in [0, 0.05) is 17.5 Å². The zero-order valence-electron chi connectivity index (χ0n) is 11.3. The maximum Gasteiger partial charge on any atom is 0.416 e. The fraction of sp³-hybridized carbons (Fsp3) is 0.333. The number of nitrogens with one attached hydrogen (secondary N) is 1. The quantitative estimate of drug-likeness (QED) is 0.919. The molecule has 1 aromatic heterocycles. The molecule has 0 spiro atoms. The molecule has 0 bridgehead atoms. The Labute approximate surface area is 118 Å². The minimum Gasteiger partial charge on any atom is -0.310 e. The highest BCUT2D eigenvalue weighted by Gasteiger charge is 2.31. The number of aryl methyl sites for hydroxylation is 1. The molecule has 3 nitrogen and oxygen atoms in total. The second-order valence-electron chi connectivity index (χ2n) is 5.32. The van der Waals surface area contributed by atoms with Crippen LogP contribution in [-0.4, -0.2) is 9.97 Å². The first-order chi connectivity index (χ1) is 9.84. The van der Waals surface area contributed by atoms with E-state index in [-0.39, 0.29) is 11.5 Å². The van der Waals surface area contributed by atoms with Crippen LogP contribution >= 0.6 is 0 Å². The van der Waals surface area contributed by atoms with Crippen LogP contribution in [0.4, 0.5) is 13.2 Å². The maximum absolute atomic E-state index is 12.7. The van der Waals surface area contributed by atoms with E-state index in [0.717, 1.165) is 25.0 Å². The summed E-state index contributed by atoms with van der Waals surface area (Å²) >= 11 is 0. The van der Waals surface area contributed by atoms with Crippen LogP contribution < -0.4 is 5.56 Å². The van der Waals surface area contributed by atoms with Gasteiger partial charge in [-0.3, -0.25) is 4.79 Å². The van der Waals surface area contributed by atoms with Gasteiger partial charge < -0.3 is 4.98 Å². The summed E-state index contributed by atoms with van der Waals surface area (Å²) in [6.07, 6.45) is -2.40. The first kappa shape index (κ1) is 13.9. The van der Waals surface area contributed by atoms with Crippen LogP contribution in [0.2, 0.25) is 0 Å². The maximum atomic E-state index is 12.7. The molecule has 1 N–H and O–H groups in total. The average molecular weight is 294 g/mol. The van der Waals surface area contributed by atoms with Crippen molar-refractivity contribution >= 4 is 0 Å². The number of hydrogen-bond donors (Lipinski definition) is 1. The molecule has 1 heterocycles. The van der Waals surface area contributed by atoms with Crippen LogP contribution in [0.15, 0.2) is 29.1 Å². The highest BCUT2D eigenvalue weighted by molar-refractivity contribution is 5.64. The number of hydrogen-bond acceptors (Lipinski definition) is 2. The smallest absolute Gasteiger partial charge is 0.310 e. The Balaban J connectivity index is 2.06. The monoisotopic (exact) mass is 294 g/mol. The summed E-state index contributed by atoms with van der Waals surface area (Å²) in [4.78, 5) is 18.7. The third-order valence-corrected chi connectivity index (χ3v) is 3.55. The standard InChI is InChI=1S/C15H13F3N2O/c1-8-6-10(15(16,17)18)4-5-11(8)12-7-13(21)20-14(19-12)9-2-3-9/h4-7,9H,2-3H2,1H3,(H,19,20,21). The Hall–Kier alpha value is -2.11. The normalized spacial score (nSPS) is 15.2. The van der Waals surface area contributed by atoms with Crippen LogP contribution in [0.5, 0.6) is 0 Å².